The lowest BCUT2D eigenvalue weighted by Gasteiger charge is -2.22. The second-order valence-corrected chi connectivity index (χ2v) is 9.13. The summed E-state index contributed by atoms with van der Waals surface area (Å²) >= 11 is 3.35. The van der Waals surface area contributed by atoms with Crippen LogP contribution < -0.4 is 4.72 Å². The number of hydrogen-bond acceptors (Lipinski definition) is 3. The molecule has 2 aromatic carbocycles. The molecular weight excluding hydrogens is 400 g/mol. The first-order valence-electron chi connectivity index (χ1n) is 8.23. The fourth-order valence-corrected chi connectivity index (χ4v) is 4.61. The third-order valence-corrected chi connectivity index (χ3v) is 6.63. The number of nitrogens with zero attached hydrogens (tertiary/aromatic N) is 1. The monoisotopic (exact) mass is 424 g/mol. The molecule has 136 valence electrons. The topological polar surface area (TPSA) is 49.4 Å². The Kier molecular flexibility index (Phi) is 6.79. The summed E-state index contributed by atoms with van der Waals surface area (Å²) < 4.78 is 28.6. The van der Waals surface area contributed by atoms with Crippen molar-refractivity contribution in [3.8, 4) is 0 Å². The van der Waals surface area contributed by atoms with Crippen molar-refractivity contribution in [1.29, 1.82) is 0 Å². The molecule has 25 heavy (non-hydrogen) atoms. The van der Waals surface area contributed by atoms with Crippen LogP contribution in [0.15, 0.2) is 51.8 Å². The van der Waals surface area contributed by atoms with Gasteiger partial charge in [0.05, 0.1) is 4.90 Å². The molecule has 0 spiro atoms. The highest BCUT2D eigenvalue weighted by atomic mass is 79.9. The molecule has 0 unspecified atom stereocenters. The number of nitrogens with one attached hydrogen (secondary N) is 1. The van der Waals surface area contributed by atoms with E-state index in [1.807, 2.05) is 31.2 Å². The van der Waals surface area contributed by atoms with Gasteiger partial charge in [-0.1, -0.05) is 30.3 Å². The molecule has 6 heteroatoms. The molecule has 0 aliphatic rings. The Bertz CT molecular complexity index is 835. The molecule has 0 aromatic heterocycles. The quantitative estimate of drug-likeness (QED) is 0.728. The van der Waals surface area contributed by atoms with Gasteiger partial charge in [-0.2, -0.15) is 0 Å². The molecule has 1 N–H and O–H groups in total. The summed E-state index contributed by atoms with van der Waals surface area (Å²) in [5.74, 6) is 0. The standard InChI is InChI=1S/C19H25BrN2O2S/c1-14(2)22(4)13-17-8-6-5-7-16(17)12-21-25(23,24)19-10-9-15(3)11-18(19)20/h5-11,14,21H,12-13H2,1-4H3. The number of aryl methyl sites for hydroxylation is 1. The molecule has 0 saturated heterocycles. The highest BCUT2D eigenvalue weighted by molar-refractivity contribution is 9.10. The van der Waals surface area contributed by atoms with Gasteiger partial charge in [0.25, 0.3) is 0 Å². The van der Waals surface area contributed by atoms with Crippen molar-refractivity contribution < 1.29 is 8.42 Å². The lowest BCUT2D eigenvalue weighted by Crippen LogP contribution is -2.28. The Labute approximate surface area is 159 Å². The zero-order chi connectivity index (χ0) is 18.6. The summed E-state index contributed by atoms with van der Waals surface area (Å²) in [6.07, 6.45) is 0. The van der Waals surface area contributed by atoms with Crippen molar-refractivity contribution in [2.45, 2.75) is 44.8 Å². The molecular formula is C19H25BrN2O2S. The van der Waals surface area contributed by atoms with Crippen LogP contribution in [0.2, 0.25) is 0 Å². The highest BCUT2D eigenvalue weighted by Gasteiger charge is 2.18. The van der Waals surface area contributed by atoms with Gasteiger partial charge in [0.1, 0.15) is 0 Å². The predicted molar refractivity (Wildman–Crippen MR) is 106 cm³/mol. The van der Waals surface area contributed by atoms with Crippen molar-refractivity contribution in [2.75, 3.05) is 7.05 Å². The van der Waals surface area contributed by atoms with E-state index >= 15 is 0 Å². The number of benzene rings is 2. The Hall–Kier alpha value is -1.21. The molecule has 0 aliphatic heterocycles. The molecule has 4 nitrogen and oxygen atoms in total. The van der Waals surface area contributed by atoms with E-state index in [0.29, 0.717) is 10.5 Å². The van der Waals surface area contributed by atoms with Crippen LogP contribution in [0.5, 0.6) is 0 Å². The first-order valence-corrected chi connectivity index (χ1v) is 10.5. The summed E-state index contributed by atoms with van der Waals surface area (Å²) in [5.41, 5.74) is 3.12. The molecule has 0 heterocycles. The predicted octanol–water partition coefficient (Wildman–Crippen LogP) is 4.08. The molecule has 2 rings (SSSR count). The Morgan fingerprint density at radius 3 is 2.36 bits per heavy atom. The zero-order valence-electron chi connectivity index (χ0n) is 15.1. The van der Waals surface area contributed by atoms with Crippen molar-refractivity contribution in [2.24, 2.45) is 0 Å². The van der Waals surface area contributed by atoms with E-state index in [4.69, 9.17) is 0 Å². The molecule has 0 atom stereocenters. The molecule has 0 bridgehead atoms. The van der Waals surface area contributed by atoms with Crippen LogP contribution in [0, 0.1) is 6.92 Å². The lowest BCUT2D eigenvalue weighted by atomic mass is 10.1. The van der Waals surface area contributed by atoms with Gasteiger partial charge in [0.15, 0.2) is 0 Å². The van der Waals surface area contributed by atoms with Crippen LogP contribution in [0.3, 0.4) is 0 Å². The maximum absolute atomic E-state index is 12.6. The average molecular weight is 425 g/mol. The maximum atomic E-state index is 12.6. The Morgan fingerprint density at radius 2 is 1.76 bits per heavy atom. The fraction of sp³-hybridized carbons (Fsp3) is 0.368. The molecule has 0 fully saturated rings. The Morgan fingerprint density at radius 1 is 1.12 bits per heavy atom. The van der Waals surface area contributed by atoms with Crippen LogP contribution in [-0.2, 0) is 23.1 Å². The lowest BCUT2D eigenvalue weighted by molar-refractivity contribution is 0.265. The van der Waals surface area contributed by atoms with Gasteiger partial charge in [-0.05, 0) is 72.6 Å². The Balaban J connectivity index is 2.18. The van der Waals surface area contributed by atoms with Crippen molar-refractivity contribution in [1.82, 2.24) is 9.62 Å². The van der Waals surface area contributed by atoms with E-state index < -0.39 is 10.0 Å². The first kappa shape index (κ1) is 20.1. The molecule has 0 amide bonds. The highest BCUT2D eigenvalue weighted by Crippen LogP contribution is 2.23. The number of hydrogen-bond donors (Lipinski definition) is 1. The minimum absolute atomic E-state index is 0.259. The van der Waals surface area contributed by atoms with Crippen LogP contribution in [0.25, 0.3) is 0 Å². The van der Waals surface area contributed by atoms with E-state index in [0.717, 1.165) is 23.2 Å². The second-order valence-electron chi connectivity index (χ2n) is 6.54. The average Bonchev–Trinajstić information content (AvgIpc) is 2.53. The largest absolute Gasteiger partial charge is 0.300 e. The third kappa shape index (κ3) is 5.38. The zero-order valence-corrected chi connectivity index (χ0v) is 17.5. The van der Waals surface area contributed by atoms with Crippen molar-refractivity contribution in [3.63, 3.8) is 0 Å². The van der Waals surface area contributed by atoms with Crippen LogP contribution in [0.4, 0.5) is 0 Å². The van der Waals surface area contributed by atoms with Gasteiger partial charge in [-0.3, -0.25) is 4.90 Å². The van der Waals surface area contributed by atoms with Crippen molar-refractivity contribution >= 4 is 26.0 Å². The van der Waals surface area contributed by atoms with E-state index in [2.05, 4.69) is 46.4 Å². The third-order valence-electron chi connectivity index (χ3n) is 4.25. The first-order chi connectivity index (χ1) is 11.7. The van der Waals surface area contributed by atoms with Crippen LogP contribution in [-0.4, -0.2) is 26.4 Å². The second kappa shape index (κ2) is 8.45. The maximum Gasteiger partial charge on any atom is 0.241 e. The molecule has 2 aromatic rings. The number of halogens is 1. The van der Waals surface area contributed by atoms with Gasteiger partial charge >= 0.3 is 0 Å². The normalized spacial score (nSPS) is 12.1. The number of rotatable bonds is 7. The van der Waals surface area contributed by atoms with Gasteiger partial charge in [-0.25, -0.2) is 13.1 Å². The van der Waals surface area contributed by atoms with E-state index in [-0.39, 0.29) is 11.4 Å². The molecule has 0 saturated carbocycles. The minimum Gasteiger partial charge on any atom is -0.300 e. The van der Waals surface area contributed by atoms with Gasteiger partial charge < -0.3 is 0 Å². The van der Waals surface area contributed by atoms with Gasteiger partial charge in [0.2, 0.25) is 10.0 Å². The summed E-state index contributed by atoms with van der Waals surface area (Å²) in [5, 5.41) is 0. The summed E-state index contributed by atoms with van der Waals surface area (Å²) in [6.45, 7) is 7.26. The molecule has 0 radical (unpaired) electrons. The van der Waals surface area contributed by atoms with E-state index in [1.165, 1.54) is 0 Å². The SMILES string of the molecule is Cc1ccc(S(=O)(=O)NCc2ccccc2CN(C)C(C)C)c(Br)c1. The van der Waals surface area contributed by atoms with E-state index in [9.17, 15) is 8.42 Å². The smallest absolute Gasteiger partial charge is 0.241 e. The summed E-state index contributed by atoms with van der Waals surface area (Å²) in [6, 6.07) is 13.6. The van der Waals surface area contributed by atoms with Crippen LogP contribution in [0.1, 0.15) is 30.5 Å². The molecule has 0 aliphatic carbocycles. The summed E-state index contributed by atoms with van der Waals surface area (Å²) in [7, 11) is -1.51. The van der Waals surface area contributed by atoms with E-state index in [1.54, 1.807) is 18.2 Å². The van der Waals surface area contributed by atoms with Gasteiger partial charge in [0, 0.05) is 23.6 Å². The number of sulfonamides is 1. The minimum atomic E-state index is -3.58. The summed E-state index contributed by atoms with van der Waals surface area (Å²) in [4.78, 5) is 2.49. The van der Waals surface area contributed by atoms with Crippen molar-refractivity contribution in [3.05, 3.63) is 63.6 Å². The fourth-order valence-electron chi connectivity index (χ4n) is 2.41. The van der Waals surface area contributed by atoms with Gasteiger partial charge in [-0.15, -0.1) is 0 Å². The van der Waals surface area contributed by atoms with Crippen LogP contribution >= 0.6 is 15.9 Å².